The number of carbonyl (C=O) groups is 1. The average Bonchev–Trinajstić information content (AvgIpc) is 2.74. The second-order valence-corrected chi connectivity index (χ2v) is 4.45. The number of imidazole rings is 1. The molecule has 0 unspecified atom stereocenters. The molecule has 1 amide bonds. The van der Waals surface area contributed by atoms with Crippen molar-refractivity contribution < 1.29 is 4.79 Å². The van der Waals surface area contributed by atoms with Crippen LogP contribution in [0.5, 0.6) is 0 Å². The highest BCUT2D eigenvalue weighted by molar-refractivity contribution is 6.05. The van der Waals surface area contributed by atoms with Crippen LogP contribution in [-0.4, -0.2) is 25.4 Å². The molecule has 1 aromatic carbocycles. The van der Waals surface area contributed by atoms with Crippen LogP contribution < -0.4 is 5.32 Å². The highest BCUT2D eigenvalue weighted by Gasteiger charge is 2.11. The zero-order valence-electron chi connectivity index (χ0n) is 11.2. The molecular formula is C14H13N5O. The van der Waals surface area contributed by atoms with Crippen molar-refractivity contribution in [3.8, 4) is 0 Å². The maximum Gasteiger partial charge on any atom is 0.258 e. The van der Waals surface area contributed by atoms with Crippen LogP contribution in [-0.2, 0) is 7.05 Å². The molecule has 0 bridgehead atoms. The Morgan fingerprint density at radius 1 is 1.25 bits per heavy atom. The Morgan fingerprint density at radius 3 is 2.75 bits per heavy atom. The molecule has 0 fully saturated rings. The molecule has 0 radical (unpaired) electrons. The molecule has 2 heterocycles. The minimum absolute atomic E-state index is 0.249. The minimum atomic E-state index is -0.249. The molecular weight excluding hydrogens is 254 g/mol. The minimum Gasteiger partial charge on any atom is -0.331 e. The predicted molar refractivity (Wildman–Crippen MR) is 75.4 cm³/mol. The van der Waals surface area contributed by atoms with Gasteiger partial charge in [-0.05, 0) is 31.2 Å². The van der Waals surface area contributed by atoms with Crippen molar-refractivity contribution in [3.63, 3.8) is 0 Å². The Bertz CT molecular complexity index is 779. The van der Waals surface area contributed by atoms with E-state index in [4.69, 9.17) is 0 Å². The number of amides is 1. The molecule has 0 aliphatic carbocycles. The van der Waals surface area contributed by atoms with Gasteiger partial charge in [0.2, 0.25) is 5.95 Å². The summed E-state index contributed by atoms with van der Waals surface area (Å²) in [6, 6.07) is 7.11. The van der Waals surface area contributed by atoms with Crippen LogP contribution in [0.2, 0.25) is 0 Å². The number of aryl methyl sites for hydroxylation is 2. The lowest BCUT2D eigenvalue weighted by molar-refractivity contribution is 0.102. The zero-order chi connectivity index (χ0) is 14.1. The van der Waals surface area contributed by atoms with E-state index in [1.807, 2.05) is 24.6 Å². The number of fused-ring (bicyclic) bond motifs is 1. The molecule has 6 nitrogen and oxygen atoms in total. The molecule has 100 valence electrons. The van der Waals surface area contributed by atoms with Gasteiger partial charge >= 0.3 is 0 Å². The van der Waals surface area contributed by atoms with Crippen LogP contribution in [0.15, 0.2) is 36.7 Å². The summed E-state index contributed by atoms with van der Waals surface area (Å²) in [5.74, 6) is 0.945. The molecule has 20 heavy (non-hydrogen) atoms. The quantitative estimate of drug-likeness (QED) is 0.770. The van der Waals surface area contributed by atoms with Crippen molar-refractivity contribution in [2.75, 3.05) is 5.32 Å². The maximum atomic E-state index is 12.1. The molecule has 0 saturated heterocycles. The van der Waals surface area contributed by atoms with Crippen LogP contribution in [0, 0.1) is 6.92 Å². The third-order valence-corrected chi connectivity index (χ3v) is 3.16. The largest absolute Gasteiger partial charge is 0.331 e. The monoisotopic (exact) mass is 267 g/mol. The van der Waals surface area contributed by atoms with E-state index >= 15 is 0 Å². The fourth-order valence-corrected chi connectivity index (χ4v) is 2.00. The van der Waals surface area contributed by atoms with Gasteiger partial charge in [0.15, 0.2) is 0 Å². The molecule has 1 N–H and O–H groups in total. The SMILES string of the molecule is Cc1nc2cc(C(=O)Nc3ncccn3)ccc2n1C. The molecule has 0 saturated carbocycles. The summed E-state index contributed by atoms with van der Waals surface area (Å²) in [4.78, 5) is 24.5. The van der Waals surface area contributed by atoms with E-state index in [-0.39, 0.29) is 11.9 Å². The van der Waals surface area contributed by atoms with Crippen molar-refractivity contribution in [1.29, 1.82) is 0 Å². The van der Waals surface area contributed by atoms with E-state index in [0.717, 1.165) is 16.9 Å². The summed E-state index contributed by atoms with van der Waals surface area (Å²) in [6.45, 7) is 1.93. The van der Waals surface area contributed by atoms with Crippen molar-refractivity contribution >= 4 is 22.9 Å². The molecule has 0 aliphatic heterocycles. The van der Waals surface area contributed by atoms with E-state index < -0.39 is 0 Å². The Hall–Kier alpha value is -2.76. The summed E-state index contributed by atoms with van der Waals surface area (Å²) in [7, 11) is 1.95. The highest BCUT2D eigenvalue weighted by atomic mass is 16.1. The first-order chi connectivity index (χ1) is 9.65. The van der Waals surface area contributed by atoms with Crippen LogP contribution in [0.3, 0.4) is 0 Å². The number of aromatic nitrogens is 4. The van der Waals surface area contributed by atoms with E-state index in [2.05, 4.69) is 20.3 Å². The second kappa shape index (κ2) is 4.73. The summed E-state index contributed by atoms with van der Waals surface area (Å²) < 4.78 is 1.98. The van der Waals surface area contributed by atoms with E-state index in [1.165, 1.54) is 0 Å². The molecule has 2 aromatic heterocycles. The summed E-state index contributed by atoms with van der Waals surface area (Å²) >= 11 is 0. The van der Waals surface area contributed by atoms with Crippen LogP contribution >= 0.6 is 0 Å². The van der Waals surface area contributed by atoms with Crippen LogP contribution in [0.4, 0.5) is 5.95 Å². The molecule has 0 atom stereocenters. The first-order valence-electron chi connectivity index (χ1n) is 6.16. The number of carbonyl (C=O) groups excluding carboxylic acids is 1. The van der Waals surface area contributed by atoms with Crippen LogP contribution in [0.1, 0.15) is 16.2 Å². The van der Waals surface area contributed by atoms with Crippen molar-refractivity contribution in [3.05, 3.63) is 48.0 Å². The van der Waals surface area contributed by atoms with Gasteiger partial charge in [0.1, 0.15) is 5.82 Å². The standard InChI is InChI=1S/C14H13N5O/c1-9-17-11-8-10(4-5-12(11)19(9)2)13(20)18-14-15-6-3-7-16-14/h3-8H,1-2H3,(H,15,16,18,20). The van der Waals surface area contributed by atoms with Crippen LogP contribution in [0.25, 0.3) is 11.0 Å². The first-order valence-corrected chi connectivity index (χ1v) is 6.16. The third-order valence-electron chi connectivity index (χ3n) is 3.16. The summed E-state index contributed by atoms with van der Waals surface area (Å²) in [6.07, 6.45) is 3.15. The number of hydrogen-bond acceptors (Lipinski definition) is 4. The lowest BCUT2D eigenvalue weighted by Gasteiger charge is -2.03. The van der Waals surface area contributed by atoms with Crippen molar-refractivity contribution in [2.24, 2.45) is 7.05 Å². The molecule has 3 aromatic rings. The number of nitrogens with zero attached hydrogens (tertiary/aromatic N) is 4. The van der Waals surface area contributed by atoms with Crippen molar-refractivity contribution in [1.82, 2.24) is 19.5 Å². The van der Waals surface area contributed by atoms with E-state index in [9.17, 15) is 4.79 Å². The summed E-state index contributed by atoms with van der Waals surface area (Å²) in [5, 5.41) is 2.65. The van der Waals surface area contributed by atoms with Crippen molar-refractivity contribution in [2.45, 2.75) is 6.92 Å². The Labute approximate surface area is 115 Å². The second-order valence-electron chi connectivity index (χ2n) is 4.45. The van der Waals surface area contributed by atoms with E-state index in [1.54, 1.807) is 30.6 Å². The smallest absolute Gasteiger partial charge is 0.258 e. The number of rotatable bonds is 2. The van der Waals surface area contributed by atoms with Gasteiger partial charge in [0.05, 0.1) is 11.0 Å². The predicted octanol–water partition coefficient (Wildman–Crippen LogP) is 1.92. The summed E-state index contributed by atoms with van der Waals surface area (Å²) in [5.41, 5.74) is 2.32. The zero-order valence-corrected chi connectivity index (χ0v) is 11.2. The highest BCUT2D eigenvalue weighted by Crippen LogP contribution is 2.16. The number of benzene rings is 1. The molecule has 0 aliphatic rings. The topological polar surface area (TPSA) is 72.7 Å². The average molecular weight is 267 g/mol. The first kappa shape index (κ1) is 12.3. The number of anilines is 1. The fraction of sp³-hybridized carbons (Fsp3) is 0.143. The Balaban J connectivity index is 1.92. The van der Waals surface area contributed by atoms with Gasteiger partial charge in [-0.2, -0.15) is 0 Å². The normalized spacial score (nSPS) is 10.7. The van der Waals surface area contributed by atoms with Gasteiger partial charge in [-0.3, -0.25) is 10.1 Å². The lowest BCUT2D eigenvalue weighted by Crippen LogP contribution is -2.13. The van der Waals surface area contributed by atoms with Gasteiger partial charge in [-0.1, -0.05) is 0 Å². The van der Waals surface area contributed by atoms with E-state index in [0.29, 0.717) is 5.56 Å². The maximum absolute atomic E-state index is 12.1. The van der Waals surface area contributed by atoms with Gasteiger partial charge in [-0.25, -0.2) is 15.0 Å². The number of hydrogen-bond donors (Lipinski definition) is 1. The van der Waals surface area contributed by atoms with Gasteiger partial charge in [0.25, 0.3) is 5.91 Å². The molecule has 6 heteroatoms. The van der Waals surface area contributed by atoms with Gasteiger partial charge < -0.3 is 4.57 Å². The van der Waals surface area contributed by atoms with Gasteiger partial charge in [-0.15, -0.1) is 0 Å². The van der Waals surface area contributed by atoms with Gasteiger partial charge in [0, 0.05) is 25.0 Å². The number of nitrogens with one attached hydrogen (secondary N) is 1. The lowest BCUT2D eigenvalue weighted by atomic mass is 10.2. The Morgan fingerprint density at radius 2 is 2.00 bits per heavy atom. The third kappa shape index (κ3) is 2.11. The molecule has 0 spiro atoms. The Kier molecular flexibility index (Phi) is 2.90. The molecule has 3 rings (SSSR count). The fourth-order valence-electron chi connectivity index (χ4n) is 2.00.